The van der Waals surface area contributed by atoms with Gasteiger partial charge in [0, 0.05) is 36.7 Å². The van der Waals surface area contributed by atoms with Crippen molar-refractivity contribution in [3.63, 3.8) is 0 Å². The first kappa shape index (κ1) is 19.8. The topological polar surface area (TPSA) is 92.6 Å². The van der Waals surface area contributed by atoms with E-state index in [0.717, 1.165) is 11.4 Å². The summed E-state index contributed by atoms with van der Waals surface area (Å²) in [4.78, 5) is 38.7. The van der Waals surface area contributed by atoms with Crippen LogP contribution in [0, 0.1) is 15.5 Å². The summed E-state index contributed by atoms with van der Waals surface area (Å²) in [6.07, 6.45) is 0.987. The minimum absolute atomic E-state index is 0.0516. The minimum atomic E-state index is -0.739. The third-order valence-corrected chi connectivity index (χ3v) is 5.64. The zero-order valence-electron chi connectivity index (χ0n) is 17.1. The van der Waals surface area contributed by atoms with Crippen molar-refractivity contribution in [2.45, 2.75) is 39.7 Å². The lowest BCUT2D eigenvalue weighted by Crippen LogP contribution is -2.38. The molecule has 2 aliphatic rings. The molecule has 0 saturated heterocycles. The van der Waals surface area contributed by atoms with Gasteiger partial charge in [0.15, 0.2) is 5.78 Å². The number of non-ortho nitro benzene ring substituents is 1. The van der Waals surface area contributed by atoms with Crippen molar-refractivity contribution in [1.29, 1.82) is 0 Å². The van der Waals surface area contributed by atoms with E-state index in [-0.39, 0.29) is 22.8 Å². The number of anilines is 2. The number of hydrogen-bond acceptors (Lipinski definition) is 5. The van der Waals surface area contributed by atoms with Crippen molar-refractivity contribution in [2.24, 2.45) is 5.41 Å². The van der Waals surface area contributed by atoms with E-state index in [9.17, 15) is 19.7 Å². The second kappa shape index (κ2) is 7.09. The van der Waals surface area contributed by atoms with Crippen molar-refractivity contribution in [3.05, 3.63) is 75.5 Å². The van der Waals surface area contributed by atoms with E-state index in [2.05, 4.69) is 5.32 Å². The van der Waals surface area contributed by atoms with Crippen molar-refractivity contribution >= 4 is 28.8 Å². The second-order valence-corrected chi connectivity index (χ2v) is 8.62. The fraction of sp³-hybridized carbons (Fsp3) is 0.304. The van der Waals surface area contributed by atoms with Gasteiger partial charge in [0.25, 0.3) is 5.69 Å². The lowest BCUT2D eigenvalue weighted by Gasteiger charge is -2.36. The zero-order chi connectivity index (χ0) is 21.6. The number of benzene rings is 2. The maximum absolute atomic E-state index is 13.3. The maximum Gasteiger partial charge on any atom is 0.269 e. The number of Topliss-reactive ketones (excluding diaryl/α,β-unsaturated/α-hetero) is 1. The van der Waals surface area contributed by atoms with Crippen molar-refractivity contribution in [2.75, 3.05) is 10.2 Å². The van der Waals surface area contributed by atoms with Gasteiger partial charge in [-0.3, -0.25) is 24.6 Å². The number of para-hydroxylation sites is 2. The summed E-state index contributed by atoms with van der Waals surface area (Å²) in [6.45, 7) is 5.53. The first-order valence-electron chi connectivity index (χ1n) is 9.84. The van der Waals surface area contributed by atoms with Crippen LogP contribution in [0.4, 0.5) is 17.1 Å². The number of carbonyl (C=O) groups excluding carboxylic acids is 2. The first-order chi connectivity index (χ1) is 14.2. The number of carbonyl (C=O) groups is 2. The summed E-state index contributed by atoms with van der Waals surface area (Å²) in [5.74, 6) is -0.295. The molecule has 0 spiro atoms. The van der Waals surface area contributed by atoms with Crippen LogP contribution >= 0.6 is 0 Å². The Morgan fingerprint density at radius 1 is 1.17 bits per heavy atom. The number of nitro groups is 1. The Bertz CT molecular complexity index is 1100. The van der Waals surface area contributed by atoms with Crippen LogP contribution < -0.4 is 10.2 Å². The number of allylic oxidation sites excluding steroid dienone is 1. The van der Waals surface area contributed by atoms with Gasteiger partial charge in [-0.2, -0.15) is 0 Å². The molecule has 1 atom stereocenters. The number of nitro benzene ring substituents is 1. The highest BCUT2D eigenvalue weighted by Crippen LogP contribution is 2.48. The number of rotatable bonds is 2. The molecule has 7 heteroatoms. The van der Waals surface area contributed by atoms with Gasteiger partial charge in [-0.15, -0.1) is 0 Å². The largest absolute Gasteiger partial charge is 0.357 e. The number of nitrogens with zero attached hydrogens (tertiary/aromatic N) is 2. The quantitative estimate of drug-likeness (QED) is 0.574. The molecule has 0 fully saturated rings. The number of nitrogens with one attached hydrogen (secondary N) is 1. The standard InChI is InChI=1S/C23H23N3O4/c1-14(27)25-19-10-5-4-9-17(19)24-18-12-23(2,3)13-20(28)21(18)22(25)15-7-6-8-16(11-15)26(29)30/h4-11,22,24H,12-13H2,1-3H3/t22-/m1/s1. The van der Waals surface area contributed by atoms with Gasteiger partial charge in [-0.1, -0.05) is 38.1 Å². The van der Waals surface area contributed by atoms with Crippen molar-refractivity contribution in [1.82, 2.24) is 0 Å². The molecular formula is C23H23N3O4. The summed E-state index contributed by atoms with van der Waals surface area (Å²) in [6, 6.07) is 12.8. The molecule has 154 valence electrons. The normalized spacial score (nSPS) is 20.0. The van der Waals surface area contributed by atoms with Crippen LogP contribution in [-0.2, 0) is 9.59 Å². The average Bonchev–Trinajstić information content (AvgIpc) is 2.81. The van der Waals surface area contributed by atoms with E-state index in [1.165, 1.54) is 19.1 Å². The monoisotopic (exact) mass is 405 g/mol. The van der Waals surface area contributed by atoms with E-state index < -0.39 is 11.0 Å². The van der Waals surface area contributed by atoms with E-state index in [1.54, 1.807) is 17.0 Å². The third-order valence-electron chi connectivity index (χ3n) is 5.64. The Hall–Kier alpha value is -3.48. The summed E-state index contributed by atoms with van der Waals surface area (Å²) in [5.41, 5.74) is 2.88. The fourth-order valence-corrected chi connectivity index (χ4v) is 4.46. The molecule has 1 heterocycles. The van der Waals surface area contributed by atoms with Gasteiger partial charge in [0.1, 0.15) is 0 Å². The van der Waals surface area contributed by atoms with Crippen LogP contribution in [0.25, 0.3) is 0 Å². The van der Waals surface area contributed by atoms with Crippen LogP contribution in [0.15, 0.2) is 59.8 Å². The lowest BCUT2D eigenvalue weighted by molar-refractivity contribution is -0.384. The fourth-order valence-electron chi connectivity index (χ4n) is 4.46. The molecular weight excluding hydrogens is 382 g/mol. The molecule has 0 aromatic heterocycles. The smallest absolute Gasteiger partial charge is 0.269 e. The highest BCUT2D eigenvalue weighted by atomic mass is 16.6. The summed E-state index contributed by atoms with van der Waals surface area (Å²) >= 11 is 0. The third kappa shape index (κ3) is 3.36. The van der Waals surface area contributed by atoms with E-state index in [0.29, 0.717) is 29.7 Å². The number of amides is 1. The molecule has 2 aromatic rings. The zero-order valence-corrected chi connectivity index (χ0v) is 17.1. The first-order valence-corrected chi connectivity index (χ1v) is 9.84. The van der Waals surface area contributed by atoms with Gasteiger partial charge in [-0.25, -0.2) is 0 Å². The van der Waals surface area contributed by atoms with Crippen LogP contribution in [0.2, 0.25) is 0 Å². The molecule has 2 aromatic carbocycles. The maximum atomic E-state index is 13.3. The molecule has 0 bridgehead atoms. The van der Waals surface area contributed by atoms with Crippen LogP contribution in [0.1, 0.15) is 45.2 Å². The second-order valence-electron chi connectivity index (χ2n) is 8.62. The van der Waals surface area contributed by atoms with Gasteiger partial charge in [0.2, 0.25) is 5.91 Å². The van der Waals surface area contributed by atoms with Gasteiger partial charge in [0.05, 0.1) is 22.3 Å². The molecule has 1 aliphatic carbocycles. The number of fused-ring (bicyclic) bond motifs is 1. The van der Waals surface area contributed by atoms with E-state index >= 15 is 0 Å². The molecule has 1 amide bonds. The Morgan fingerprint density at radius 2 is 1.90 bits per heavy atom. The molecule has 0 radical (unpaired) electrons. The number of hydrogen-bond donors (Lipinski definition) is 1. The van der Waals surface area contributed by atoms with Gasteiger partial charge < -0.3 is 5.32 Å². The predicted molar refractivity (Wildman–Crippen MR) is 114 cm³/mol. The Morgan fingerprint density at radius 3 is 2.60 bits per heavy atom. The van der Waals surface area contributed by atoms with Crippen molar-refractivity contribution in [3.8, 4) is 0 Å². The molecule has 4 rings (SSSR count). The Balaban J connectivity index is 2.02. The molecule has 0 saturated carbocycles. The highest BCUT2D eigenvalue weighted by Gasteiger charge is 2.42. The summed E-state index contributed by atoms with van der Waals surface area (Å²) in [7, 11) is 0. The predicted octanol–water partition coefficient (Wildman–Crippen LogP) is 4.76. The van der Waals surface area contributed by atoms with E-state index in [1.807, 2.05) is 38.1 Å². The van der Waals surface area contributed by atoms with Crippen LogP contribution in [-0.4, -0.2) is 16.6 Å². The Labute approximate surface area is 174 Å². The SMILES string of the molecule is CC(=O)N1c2ccccc2NC2=C(C(=O)CC(C)(C)C2)[C@H]1c1cccc([N+](=O)[O-])c1. The van der Waals surface area contributed by atoms with Gasteiger partial charge in [-0.05, 0) is 29.5 Å². The van der Waals surface area contributed by atoms with Crippen molar-refractivity contribution < 1.29 is 14.5 Å². The Kier molecular flexibility index (Phi) is 4.68. The molecule has 1 aliphatic heterocycles. The summed E-state index contributed by atoms with van der Waals surface area (Å²) in [5, 5.41) is 14.8. The molecule has 0 unspecified atom stereocenters. The van der Waals surface area contributed by atoms with Gasteiger partial charge >= 0.3 is 0 Å². The highest BCUT2D eigenvalue weighted by molar-refractivity contribution is 6.05. The number of ketones is 1. The van der Waals surface area contributed by atoms with E-state index in [4.69, 9.17) is 0 Å². The summed E-state index contributed by atoms with van der Waals surface area (Å²) < 4.78 is 0. The minimum Gasteiger partial charge on any atom is -0.357 e. The average molecular weight is 405 g/mol. The molecule has 30 heavy (non-hydrogen) atoms. The lowest BCUT2D eigenvalue weighted by atomic mass is 9.73. The molecule has 7 nitrogen and oxygen atoms in total. The van der Waals surface area contributed by atoms with Crippen LogP contribution in [0.3, 0.4) is 0 Å². The van der Waals surface area contributed by atoms with Crippen LogP contribution in [0.5, 0.6) is 0 Å². The molecule has 1 N–H and O–H groups in total.